The molecule has 2 nitrogen and oxygen atoms in total. The van der Waals surface area contributed by atoms with Crippen LogP contribution in [0, 0.1) is 5.41 Å². The maximum absolute atomic E-state index is 11.4. The summed E-state index contributed by atoms with van der Waals surface area (Å²) >= 11 is 0. The minimum atomic E-state index is -0.473. The molecule has 64 valence electrons. The Labute approximate surface area is 71.9 Å². The van der Waals surface area contributed by atoms with Crippen LogP contribution in [0.25, 0.3) is 0 Å². The molecule has 3 atom stereocenters. The first-order chi connectivity index (χ1) is 5.56. The van der Waals surface area contributed by atoms with Gasteiger partial charge in [-0.25, -0.2) is 0 Å². The van der Waals surface area contributed by atoms with Gasteiger partial charge in [-0.2, -0.15) is 0 Å². The smallest absolute Gasteiger partial charge is 0.142 e. The molecule has 2 heterocycles. The van der Waals surface area contributed by atoms with Gasteiger partial charge in [0.2, 0.25) is 0 Å². The third-order valence-corrected chi connectivity index (χ3v) is 3.06. The highest BCUT2D eigenvalue weighted by molar-refractivity contribution is 5.87. The normalized spacial score (nSPS) is 44.0. The molecule has 0 amide bonds. The molecule has 2 heteroatoms. The van der Waals surface area contributed by atoms with E-state index in [2.05, 4.69) is 6.58 Å². The second-order valence-electron chi connectivity index (χ2n) is 3.65. The number of rotatable bonds is 1. The summed E-state index contributed by atoms with van der Waals surface area (Å²) in [6.07, 6.45) is 3.83. The average molecular weight is 164 g/mol. The van der Waals surface area contributed by atoms with Gasteiger partial charge in [-0.05, 0) is 19.4 Å². The van der Waals surface area contributed by atoms with Crippen molar-refractivity contribution in [3.63, 3.8) is 0 Å². The van der Waals surface area contributed by atoms with E-state index in [1.54, 1.807) is 6.92 Å². The number of Topliss-reactive ketones (excluding diaryl/α,β-unsaturated/α-hetero) is 1. The van der Waals surface area contributed by atoms with E-state index in [1.165, 1.54) is 0 Å². The molecule has 1 saturated heterocycles. The lowest BCUT2D eigenvalue weighted by Gasteiger charge is -2.27. The lowest BCUT2D eigenvalue weighted by Crippen LogP contribution is -2.35. The molecule has 0 N–H and O–H groups in total. The summed E-state index contributed by atoms with van der Waals surface area (Å²) in [5.41, 5.74) is 0.432. The van der Waals surface area contributed by atoms with E-state index in [9.17, 15) is 4.79 Å². The lowest BCUT2D eigenvalue weighted by atomic mass is 9.72. The number of fused-ring (bicyclic) bond motifs is 2. The Morgan fingerprint density at radius 2 is 2.33 bits per heavy atom. The van der Waals surface area contributed by atoms with Crippen LogP contribution >= 0.6 is 0 Å². The molecule has 0 radical (unpaired) electrons. The van der Waals surface area contributed by atoms with E-state index in [-0.39, 0.29) is 18.0 Å². The van der Waals surface area contributed by atoms with Crippen molar-refractivity contribution in [1.82, 2.24) is 0 Å². The van der Waals surface area contributed by atoms with Crippen LogP contribution in [0.3, 0.4) is 0 Å². The number of hydrogen-bond donors (Lipinski definition) is 0. The van der Waals surface area contributed by atoms with Crippen molar-refractivity contribution in [3.05, 3.63) is 24.3 Å². The minimum Gasteiger partial charge on any atom is -0.361 e. The maximum Gasteiger partial charge on any atom is 0.142 e. The van der Waals surface area contributed by atoms with Gasteiger partial charge in [0.15, 0.2) is 0 Å². The van der Waals surface area contributed by atoms with E-state index in [1.807, 2.05) is 19.1 Å². The summed E-state index contributed by atoms with van der Waals surface area (Å²) in [6, 6.07) is 0. The van der Waals surface area contributed by atoms with Crippen LogP contribution in [-0.4, -0.2) is 18.0 Å². The van der Waals surface area contributed by atoms with E-state index < -0.39 is 5.41 Å². The summed E-state index contributed by atoms with van der Waals surface area (Å²) in [5.74, 6) is 0.143. The van der Waals surface area contributed by atoms with Gasteiger partial charge in [0.25, 0.3) is 0 Å². The first-order valence-corrected chi connectivity index (χ1v) is 4.11. The van der Waals surface area contributed by atoms with Crippen LogP contribution in [0.5, 0.6) is 0 Å². The molecule has 0 aromatic carbocycles. The zero-order chi connectivity index (χ0) is 8.93. The standard InChI is InChI=1S/C10H12O2/c1-6-8-4-5-9(12-8)10(6,3)7(2)11/h4-5,8-9H,1H2,2-3H3/t8-,9+,10-/m0/s1. The number of ketones is 1. The number of carbonyl (C=O) groups is 1. The Kier molecular flexibility index (Phi) is 1.34. The average Bonchev–Trinajstić information content (AvgIpc) is 2.55. The van der Waals surface area contributed by atoms with Gasteiger partial charge >= 0.3 is 0 Å². The second-order valence-corrected chi connectivity index (χ2v) is 3.65. The van der Waals surface area contributed by atoms with Crippen LogP contribution in [-0.2, 0) is 9.53 Å². The Morgan fingerprint density at radius 3 is 2.67 bits per heavy atom. The minimum absolute atomic E-state index is 0.0242. The topological polar surface area (TPSA) is 26.3 Å². The van der Waals surface area contributed by atoms with Gasteiger partial charge in [-0.1, -0.05) is 18.7 Å². The number of ether oxygens (including phenoxy) is 1. The Hall–Kier alpha value is -0.890. The Bertz CT molecular complexity index is 290. The summed E-state index contributed by atoms with van der Waals surface area (Å²) in [6.45, 7) is 7.42. The molecule has 0 unspecified atom stereocenters. The van der Waals surface area contributed by atoms with Gasteiger partial charge < -0.3 is 4.74 Å². The number of carbonyl (C=O) groups excluding carboxylic acids is 1. The quantitative estimate of drug-likeness (QED) is 0.549. The van der Waals surface area contributed by atoms with Crippen LogP contribution in [0.2, 0.25) is 0 Å². The lowest BCUT2D eigenvalue weighted by molar-refractivity contribution is -0.125. The maximum atomic E-state index is 11.4. The van der Waals surface area contributed by atoms with Crippen LogP contribution < -0.4 is 0 Å². The number of hydrogen-bond acceptors (Lipinski definition) is 2. The van der Waals surface area contributed by atoms with E-state index >= 15 is 0 Å². The SMILES string of the molecule is C=C1[C@@H]2C=C[C@@H](O2)[C@]1(C)C(C)=O. The van der Waals surface area contributed by atoms with Crippen LogP contribution in [0.15, 0.2) is 24.3 Å². The zero-order valence-corrected chi connectivity index (χ0v) is 7.33. The first-order valence-electron chi connectivity index (χ1n) is 4.11. The van der Waals surface area contributed by atoms with Crippen molar-refractivity contribution in [3.8, 4) is 0 Å². The van der Waals surface area contributed by atoms with Crippen molar-refractivity contribution in [2.45, 2.75) is 26.1 Å². The highest BCUT2D eigenvalue weighted by atomic mass is 16.5. The summed E-state index contributed by atoms with van der Waals surface area (Å²) in [7, 11) is 0. The molecule has 2 aliphatic heterocycles. The summed E-state index contributed by atoms with van der Waals surface area (Å²) < 4.78 is 5.53. The van der Waals surface area contributed by atoms with Crippen molar-refractivity contribution >= 4 is 5.78 Å². The molecule has 0 spiro atoms. The molecule has 2 aliphatic rings. The second kappa shape index (κ2) is 2.07. The van der Waals surface area contributed by atoms with Crippen molar-refractivity contribution in [2.75, 3.05) is 0 Å². The largest absolute Gasteiger partial charge is 0.361 e. The fraction of sp³-hybridized carbons (Fsp3) is 0.500. The monoisotopic (exact) mass is 164 g/mol. The fourth-order valence-electron chi connectivity index (χ4n) is 1.88. The molecule has 2 rings (SSSR count). The third kappa shape index (κ3) is 0.661. The molecule has 0 aromatic rings. The van der Waals surface area contributed by atoms with Gasteiger partial charge in [-0.3, -0.25) is 4.79 Å². The molecular formula is C10H12O2. The van der Waals surface area contributed by atoms with Gasteiger partial charge in [0, 0.05) is 0 Å². The Balaban J connectivity index is 2.46. The predicted octanol–water partition coefficient (Wildman–Crippen LogP) is 1.48. The van der Waals surface area contributed by atoms with Gasteiger partial charge in [0.05, 0.1) is 17.6 Å². The summed E-state index contributed by atoms with van der Waals surface area (Å²) in [4.78, 5) is 11.4. The van der Waals surface area contributed by atoms with E-state index in [0.717, 1.165) is 5.57 Å². The summed E-state index contributed by atoms with van der Waals surface area (Å²) in [5, 5.41) is 0. The van der Waals surface area contributed by atoms with Crippen molar-refractivity contribution < 1.29 is 9.53 Å². The molecular weight excluding hydrogens is 152 g/mol. The van der Waals surface area contributed by atoms with E-state index in [0.29, 0.717) is 0 Å². The molecule has 0 aliphatic carbocycles. The molecule has 1 fully saturated rings. The van der Waals surface area contributed by atoms with Crippen LogP contribution in [0.1, 0.15) is 13.8 Å². The third-order valence-electron chi connectivity index (χ3n) is 3.06. The highest BCUT2D eigenvalue weighted by Gasteiger charge is 2.52. The van der Waals surface area contributed by atoms with Gasteiger partial charge in [0.1, 0.15) is 5.78 Å². The molecule has 0 aromatic heterocycles. The zero-order valence-electron chi connectivity index (χ0n) is 7.33. The van der Waals surface area contributed by atoms with E-state index in [4.69, 9.17) is 4.74 Å². The van der Waals surface area contributed by atoms with Gasteiger partial charge in [-0.15, -0.1) is 0 Å². The molecule has 12 heavy (non-hydrogen) atoms. The molecule has 2 bridgehead atoms. The predicted molar refractivity (Wildman–Crippen MR) is 45.7 cm³/mol. The first kappa shape index (κ1) is 7.74. The Morgan fingerprint density at radius 1 is 1.67 bits per heavy atom. The fourth-order valence-corrected chi connectivity index (χ4v) is 1.88. The van der Waals surface area contributed by atoms with Crippen molar-refractivity contribution in [1.29, 1.82) is 0 Å². The van der Waals surface area contributed by atoms with Crippen molar-refractivity contribution in [2.24, 2.45) is 5.41 Å². The van der Waals surface area contributed by atoms with Crippen LogP contribution in [0.4, 0.5) is 0 Å². The highest BCUT2D eigenvalue weighted by Crippen LogP contribution is 2.47. The molecule has 0 saturated carbocycles.